The molecule has 1 amide bonds. The molecule has 0 aliphatic carbocycles. The minimum absolute atomic E-state index is 0.0358. The van der Waals surface area contributed by atoms with E-state index in [0.29, 0.717) is 23.9 Å². The molecule has 5 heteroatoms. The topological polar surface area (TPSA) is 39.3 Å². The van der Waals surface area contributed by atoms with Crippen molar-refractivity contribution in [1.82, 2.24) is 14.8 Å². The molecule has 168 valence electrons. The molecule has 1 aromatic heterocycles. The van der Waals surface area contributed by atoms with E-state index in [9.17, 15) is 9.18 Å². The van der Waals surface area contributed by atoms with E-state index in [0.717, 1.165) is 19.6 Å². The molecule has 32 heavy (non-hydrogen) atoms. The van der Waals surface area contributed by atoms with Crippen molar-refractivity contribution in [3.8, 4) is 0 Å². The van der Waals surface area contributed by atoms with E-state index >= 15 is 0 Å². The van der Waals surface area contributed by atoms with Crippen LogP contribution in [-0.4, -0.2) is 46.4 Å². The lowest BCUT2D eigenvalue weighted by atomic mass is 9.86. The van der Waals surface area contributed by atoms with Crippen LogP contribution in [0.5, 0.6) is 0 Å². The molecule has 2 heterocycles. The second-order valence-electron chi connectivity index (χ2n) is 9.17. The van der Waals surface area contributed by atoms with Crippen molar-refractivity contribution >= 4 is 5.91 Å². The maximum Gasteiger partial charge on any atom is 0.254 e. The molecule has 0 spiro atoms. The first-order valence-electron chi connectivity index (χ1n) is 11.4. The largest absolute Gasteiger partial charge is 0.364 e. The third kappa shape index (κ3) is 4.94. The van der Waals surface area contributed by atoms with Crippen LogP contribution in [0.4, 0.5) is 4.39 Å². The second kappa shape index (κ2) is 9.70. The summed E-state index contributed by atoms with van der Waals surface area (Å²) >= 11 is 0. The van der Waals surface area contributed by atoms with Gasteiger partial charge in [-0.1, -0.05) is 24.3 Å². The molecule has 2 atom stereocenters. The Balaban J connectivity index is 1.58. The summed E-state index contributed by atoms with van der Waals surface area (Å²) in [5.74, 6) is 0.311. The van der Waals surface area contributed by atoms with E-state index in [2.05, 4.69) is 61.0 Å². The first kappa shape index (κ1) is 22.3. The Morgan fingerprint density at radius 1 is 1.09 bits per heavy atom. The van der Waals surface area contributed by atoms with Crippen LogP contribution in [-0.2, 0) is 6.54 Å². The number of benzene rings is 2. The molecule has 1 fully saturated rings. The SMILES string of the molecule is Cc1ccccc1[C@@H]1CN(Cc2ccc[nH]2)C[C@@H]1CN(C(=O)c1ccc(F)cc1)C(C)C. The fourth-order valence-corrected chi connectivity index (χ4v) is 4.88. The van der Waals surface area contributed by atoms with Gasteiger partial charge in [-0.3, -0.25) is 9.69 Å². The number of halogens is 1. The Morgan fingerprint density at radius 2 is 1.84 bits per heavy atom. The highest BCUT2D eigenvalue weighted by Crippen LogP contribution is 2.36. The predicted molar refractivity (Wildman–Crippen MR) is 126 cm³/mol. The van der Waals surface area contributed by atoms with Gasteiger partial charge in [0, 0.05) is 55.6 Å². The molecule has 1 N–H and O–H groups in total. The average molecular weight is 434 g/mol. The third-order valence-corrected chi connectivity index (χ3v) is 6.57. The molecule has 2 aromatic carbocycles. The second-order valence-corrected chi connectivity index (χ2v) is 9.17. The number of aromatic nitrogens is 1. The molecule has 0 radical (unpaired) electrons. The van der Waals surface area contributed by atoms with Gasteiger partial charge in [-0.25, -0.2) is 4.39 Å². The number of carbonyl (C=O) groups is 1. The number of aromatic amines is 1. The molecule has 1 saturated heterocycles. The summed E-state index contributed by atoms with van der Waals surface area (Å²) in [5.41, 5.74) is 4.40. The van der Waals surface area contributed by atoms with Crippen LogP contribution in [0.1, 0.15) is 46.9 Å². The number of H-pyrrole nitrogens is 1. The number of likely N-dealkylation sites (tertiary alicyclic amines) is 1. The van der Waals surface area contributed by atoms with Crippen LogP contribution in [0.25, 0.3) is 0 Å². The summed E-state index contributed by atoms with van der Waals surface area (Å²) in [7, 11) is 0. The number of amides is 1. The summed E-state index contributed by atoms with van der Waals surface area (Å²) in [6.07, 6.45) is 1.96. The summed E-state index contributed by atoms with van der Waals surface area (Å²) in [4.78, 5) is 21.1. The first-order chi connectivity index (χ1) is 15.4. The van der Waals surface area contributed by atoms with Crippen molar-refractivity contribution in [3.05, 3.63) is 95.1 Å². The summed E-state index contributed by atoms with van der Waals surface area (Å²) < 4.78 is 13.4. The molecule has 0 bridgehead atoms. The zero-order valence-electron chi connectivity index (χ0n) is 19.1. The number of nitrogens with one attached hydrogen (secondary N) is 1. The summed E-state index contributed by atoms with van der Waals surface area (Å²) in [6, 6.07) is 18.7. The smallest absolute Gasteiger partial charge is 0.254 e. The normalized spacial score (nSPS) is 18.9. The Kier molecular flexibility index (Phi) is 6.75. The van der Waals surface area contributed by atoms with E-state index in [1.54, 1.807) is 12.1 Å². The van der Waals surface area contributed by atoms with Gasteiger partial charge < -0.3 is 9.88 Å². The highest BCUT2D eigenvalue weighted by atomic mass is 19.1. The van der Waals surface area contributed by atoms with Crippen LogP contribution in [0, 0.1) is 18.7 Å². The van der Waals surface area contributed by atoms with E-state index in [1.807, 2.05) is 17.2 Å². The summed E-state index contributed by atoms with van der Waals surface area (Å²) in [6.45, 7) is 9.71. The van der Waals surface area contributed by atoms with Crippen LogP contribution in [0.3, 0.4) is 0 Å². The van der Waals surface area contributed by atoms with Gasteiger partial charge >= 0.3 is 0 Å². The van der Waals surface area contributed by atoms with Crippen molar-refractivity contribution in [2.45, 2.75) is 39.3 Å². The number of carbonyl (C=O) groups excluding carboxylic acids is 1. The fourth-order valence-electron chi connectivity index (χ4n) is 4.88. The van der Waals surface area contributed by atoms with Gasteiger partial charge in [-0.05, 0) is 74.2 Å². The van der Waals surface area contributed by atoms with Gasteiger partial charge in [0.2, 0.25) is 0 Å². The molecule has 4 rings (SSSR count). The van der Waals surface area contributed by atoms with Gasteiger partial charge in [0.25, 0.3) is 5.91 Å². The monoisotopic (exact) mass is 433 g/mol. The maximum absolute atomic E-state index is 13.4. The summed E-state index contributed by atoms with van der Waals surface area (Å²) in [5, 5.41) is 0. The Hall–Kier alpha value is -2.92. The van der Waals surface area contributed by atoms with Crippen LogP contribution in [0.15, 0.2) is 66.9 Å². The third-order valence-electron chi connectivity index (χ3n) is 6.57. The first-order valence-corrected chi connectivity index (χ1v) is 11.4. The molecule has 3 aromatic rings. The number of aryl methyl sites for hydroxylation is 1. The molecule has 0 unspecified atom stereocenters. The van der Waals surface area contributed by atoms with Crippen LogP contribution < -0.4 is 0 Å². The lowest BCUT2D eigenvalue weighted by Crippen LogP contribution is -2.42. The maximum atomic E-state index is 13.4. The van der Waals surface area contributed by atoms with Crippen molar-refractivity contribution in [1.29, 1.82) is 0 Å². The molecule has 0 saturated carbocycles. The van der Waals surface area contributed by atoms with E-state index < -0.39 is 0 Å². The van der Waals surface area contributed by atoms with Crippen molar-refractivity contribution in [2.24, 2.45) is 5.92 Å². The van der Waals surface area contributed by atoms with Crippen molar-refractivity contribution in [2.75, 3.05) is 19.6 Å². The molecular weight excluding hydrogens is 401 g/mol. The average Bonchev–Trinajstić information content (AvgIpc) is 3.42. The minimum Gasteiger partial charge on any atom is -0.364 e. The zero-order valence-corrected chi connectivity index (χ0v) is 19.1. The minimum atomic E-state index is -0.326. The number of hydrogen-bond acceptors (Lipinski definition) is 2. The lowest BCUT2D eigenvalue weighted by Gasteiger charge is -2.32. The number of hydrogen-bond donors (Lipinski definition) is 1. The van der Waals surface area contributed by atoms with Gasteiger partial charge in [0.15, 0.2) is 0 Å². The lowest BCUT2D eigenvalue weighted by molar-refractivity contribution is 0.0668. The van der Waals surface area contributed by atoms with E-state index in [-0.39, 0.29) is 17.8 Å². The predicted octanol–water partition coefficient (Wildman–Crippen LogP) is 5.23. The van der Waals surface area contributed by atoms with Crippen LogP contribution >= 0.6 is 0 Å². The molecule has 4 nitrogen and oxygen atoms in total. The Bertz CT molecular complexity index is 1030. The highest BCUT2D eigenvalue weighted by molar-refractivity contribution is 5.94. The molecule has 1 aliphatic rings. The van der Waals surface area contributed by atoms with Gasteiger partial charge in [0.05, 0.1) is 0 Å². The quantitative estimate of drug-likeness (QED) is 0.554. The number of rotatable bonds is 7. The van der Waals surface area contributed by atoms with Crippen LogP contribution in [0.2, 0.25) is 0 Å². The van der Waals surface area contributed by atoms with Gasteiger partial charge in [-0.2, -0.15) is 0 Å². The number of nitrogens with zero attached hydrogens (tertiary/aromatic N) is 2. The van der Waals surface area contributed by atoms with Crippen molar-refractivity contribution < 1.29 is 9.18 Å². The standard InChI is InChI=1S/C27H32FN3O/c1-19(2)31(27(32)21-10-12-23(28)13-11-21)16-22-15-30(17-24-8-6-14-29-24)18-26(22)25-9-5-4-7-20(25)3/h4-14,19,22,26,29H,15-18H2,1-3H3/t22-,26-/m1/s1. The van der Waals surface area contributed by atoms with E-state index in [4.69, 9.17) is 0 Å². The van der Waals surface area contributed by atoms with Gasteiger partial charge in [0.1, 0.15) is 5.82 Å². The fraction of sp³-hybridized carbons (Fsp3) is 0.370. The van der Waals surface area contributed by atoms with Gasteiger partial charge in [-0.15, -0.1) is 0 Å². The Morgan fingerprint density at radius 3 is 2.50 bits per heavy atom. The molecular formula is C27H32FN3O. The van der Waals surface area contributed by atoms with E-state index in [1.165, 1.54) is 29.0 Å². The zero-order chi connectivity index (χ0) is 22.7. The van der Waals surface area contributed by atoms with Crippen molar-refractivity contribution in [3.63, 3.8) is 0 Å². The molecule has 1 aliphatic heterocycles. The highest BCUT2D eigenvalue weighted by Gasteiger charge is 2.37. The Labute approximate surface area is 190 Å².